The fraction of sp³-hybridized carbons (Fsp3) is 0.316. The fourth-order valence-corrected chi connectivity index (χ4v) is 4.15. The molecule has 0 aliphatic carbocycles. The van der Waals surface area contributed by atoms with E-state index >= 15 is 0 Å². The van der Waals surface area contributed by atoms with Crippen LogP contribution >= 0.6 is 0 Å². The molecule has 0 aromatic heterocycles. The molecule has 2 aliphatic heterocycles. The van der Waals surface area contributed by atoms with Crippen LogP contribution in [-0.4, -0.2) is 21.5 Å². The standard InChI is InChI=1S/C19H19NO2/c1-18(2)19(22,13-8-4-3-5-9-13)12-16-14-10-6-7-11-15(14)17(21)20(16)18/h3-11,16,22H,12H2,1-2H3/t16-,19-/m1/s1. The van der Waals surface area contributed by atoms with E-state index < -0.39 is 11.1 Å². The van der Waals surface area contributed by atoms with Gasteiger partial charge in [0.1, 0.15) is 5.60 Å². The van der Waals surface area contributed by atoms with E-state index in [1.165, 1.54) is 0 Å². The highest BCUT2D eigenvalue weighted by Gasteiger charge is 2.62. The molecule has 112 valence electrons. The Hall–Kier alpha value is -2.13. The summed E-state index contributed by atoms with van der Waals surface area (Å²) in [7, 11) is 0. The van der Waals surface area contributed by atoms with Gasteiger partial charge in [0.15, 0.2) is 0 Å². The zero-order chi connectivity index (χ0) is 15.5. The van der Waals surface area contributed by atoms with Gasteiger partial charge in [-0.1, -0.05) is 48.5 Å². The predicted octanol–water partition coefficient (Wildman–Crippen LogP) is 3.25. The van der Waals surface area contributed by atoms with E-state index in [0.29, 0.717) is 6.42 Å². The molecular formula is C19H19NO2. The molecule has 0 radical (unpaired) electrons. The van der Waals surface area contributed by atoms with Gasteiger partial charge in [0.05, 0.1) is 11.6 Å². The van der Waals surface area contributed by atoms with Gasteiger partial charge in [-0.25, -0.2) is 0 Å². The number of carbonyl (C=O) groups is 1. The van der Waals surface area contributed by atoms with Crippen molar-refractivity contribution in [1.29, 1.82) is 0 Å². The first-order chi connectivity index (χ1) is 10.5. The number of aliphatic hydroxyl groups is 1. The Kier molecular flexibility index (Phi) is 2.58. The van der Waals surface area contributed by atoms with Crippen molar-refractivity contribution < 1.29 is 9.90 Å². The maximum absolute atomic E-state index is 12.8. The number of rotatable bonds is 1. The monoisotopic (exact) mass is 293 g/mol. The van der Waals surface area contributed by atoms with Crippen molar-refractivity contribution in [2.24, 2.45) is 0 Å². The average Bonchev–Trinajstić information content (AvgIpc) is 2.93. The quantitative estimate of drug-likeness (QED) is 0.876. The fourth-order valence-electron chi connectivity index (χ4n) is 4.15. The van der Waals surface area contributed by atoms with Crippen LogP contribution in [0.4, 0.5) is 0 Å². The molecule has 3 heteroatoms. The summed E-state index contributed by atoms with van der Waals surface area (Å²) >= 11 is 0. The van der Waals surface area contributed by atoms with Gasteiger partial charge >= 0.3 is 0 Å². The first-order valence-corrected chi connectivity index (χ1v) is 7.67. The SMILES string of the molecule is CC1(C)N2C(=O)c3ccccc3[C@H]2C[C@@]1(O)c1ccccc1. The lowest BCUT2D eigenvalue weighted by atomic mass is 9.76. The smallest absolute Gasteiger partial charge is 0.255 e. The predicted molar refractivity (Wildman–Crippen MR) is 84.4 cm³/mol. The molecule has 2 aliphatic rings. The molecule has 2 aromatic carbocycles. The van der Waals surface area contributed by atoms with Crippen molar-refractivity contribution in [3.8, 4) is 0 Å². The summed E-state index contributed by atoms with van der Waals surface area (Å²) in [6.45, 7) is 3.92. The Bertz CT molecular complexity index is 753. The van der Waals surface area contributed by atoms with Crippen LogP contribution in [0.5, 0.6) is 0 Å². The van der Waals surface area contributed by atoms with Crippen LogP contribution in [-0.2, 0) is 5.60 Å². The van der Waals surface area contributed by atoms with Crippen LogP contribution < -0.4 is 0 Å². The lowest BCUT2D eigenvalue weighted by molar-refractivity contribution is -0.0428. The summed E-state index contributed by atoms with van der Waals surface area (Å²) in [5.74, 6) is 0.0254. The zero-order valence-corrected chi connectivity index (χ0v) is 12.8. The molecule has 0 spiro atoms. The number of amides is 1. The molecule has 1 fully saturated rings. The van der Waals surface area contributed by atoms with E-state index in [2.05, 4.69) is 0 Å². The number of hydrogen-bond acceptors (Lipinski definition) is 2. The molecule has 0 bridgehead atoms. The molecule has 1 amide bonds. The number of carbonyl (C=O) groups excluding carboxylic acids is 1. The normalized spacial score (nSPS) is 28.6. The molecular weight excluding hydrogens is 274 g/mol. The van der Waals surface area contributed by atoms with Gasteiger partial charge in [-0.15, -0.1) is 0 Å². The maximum atomic E-state index is 12.8. The third-order valence-corrected chi connectivity index (χ3v) is 5.44. The van der Waals surface area contributed by atoms with Crippen molar-refractivity contribution in [3.05, 3.63) is 71.3 Å². The van der Waals surface area contributed by atoms with E-state index in [-0.39, 0.29) is 11.9 Å². The molecule has 1 N–H and O–H groups in total. The zero-order valence-electron chi connectivity index (χ0n) is 12.8. The summed E-state index contributed by atoms with van der Waals surface area (Å²) < 4.78 is 0. The third-order valence-electron chi connectivity index (χ3n) is 5.44. The van der Waals surface area contributed by atoms with Gasteiger partial charge < -0.3 is 10.0 Å². The Morgan fingerprint density at radius 3 is 2.41 bits per heavy atom. The second kappa shape index (κ2) is 4.20. The summed E-state index contributed by atoms with van der Waals surface area (Å²) in [4.78, 5) is 14.7. The molecule has 3 nitrogen and oxygen atoms in total. The Morgan fingerprint density at radius 1 is 1.05 bits per heavy atom. The van der Waals surface area contributed by atoms with Gasteiger partial charge in [-0.2, -0.15) is 0 Å². The molecule has 1 saturated heterocycles. The van der Waals surface area contributed by atoms with Gasteiger partial charge in [0, 0.05) is 12.0 Å². The number of benzene rings is 2. The second-order valence-corrected chi connectivity index (χ2v) is 6.77. The van der Waals surface area contributed by atoms with E-state index in [1.807, 2.05) is 73.3 Å². The number of hydrogen-bond donors (Lipinski definition) is 1. The molecule has 22 heavy (non-hydrogen) atoms. The highest BCUT2D eigenvalue weighted by Crippen LogP contribution is 2.57. The number of fused-ring (bicyclic) bond motifs is 3. The molecule has 2 atom stereocenters. The van der Waals surface area contributed by atoms with Crippen LogP contribution in [0.15, 0.2) is 54.6 Å². The second-order valence-electron chi connectivity index (χ2n) is 6.77. The first-order valence-electron chi connectivity index (χ1n) is 7.67. The van der Waals surface area contributed by atoms with Crippen LogP contribution in [0.3, 0.4) is 0 Å². The topological polar surface area (TPSA) is 40.5 Å². The minimum atomic E-state index is -1.04. The average molecular weight is 293 g/mol. The maximum Gasteiger partial charge on any atom is 0.255 e. The lowest BCUT2D eigenvalue weighted by Gasteiger charge is -2.41. The van der Waals surface area contributed by atoms with Crippen molar-refractivity contribution in [3.63, 3.8) is 0 Å². The van der Waals surface area contributed by atoms with Gasteiger partial charge in [-0.05, 0) is 31.0 Å². The minimum Gasteiger partial charge on any atom is -0.383 e. The van der Waals surface area contributed by atoms with E-state index in [9.17, 15) is 9.90 Å². The summed E-state index contributed by atoms with van der Waals surface area (Å²) in [5, 5.41) is 11.4. The Balaban J connectivity index is 1.88. The van der Waals surface area contributed by atoms with Gasteiger partial charge in [0.2, 0.25) is 0 Å². The molecule has 2 aromatic rings. The van der Waals surface area contributed by atoms with Gasteiger partial charge in [0.25, 0.3) is 5.91 Å². The van der Waals surface area contributed by atoms with E-state index in [0.717, 1.165) is 16.7 Å². The molecule has 2 heterocycles. The van der Waals surface area contributed by atoms with Crippen molar-refractivity contribution in [2.75, 3.05) is 0 Å². The van der Waals surface area contributed by atoms with Crippen LogP contribution in [0.1, 0.15) is 47.8 Å². The highest BCUT2D eigenvalue weighted by molar-refractivity contribution is 6.00. The Labute approximate surface area is 130 Å². The molecule has 0 unspecified atom stereocenters. The summed E-state index contributed by atoms with van der Waals surface area (Å²) in [5.41, 5.74) is 0.986. The van der Waals surface area contributed by atoms with Gasteiger partial charge in [-0.3, -0.25) is 4.79 Å². The first kappa shape index (κ1) is 13.5. The highest BCUT2D eigenvalue weighted by atomic mass is 16.3. The van der Waals surface area contributed by atoms with E-state index in [1.54, 1.807) is 0 Å². The van der Waals surface area contributed by atoms with Crippen molar-refractivity contribution >= 4 is 5.91 Å². The summed E-state index contributed by atoms with van der Waals surface area (Å²) in [6.07, 6.45) is 0.534. The third kappa shape index (κ3) is 1.47. The van der Waals surface area contributed by atoms with Crippen molar-refractivity contribution in [1.82, 2.24) is 4.90 Å². The minimum absolute atomic E-state index is 0.0254. The van der Waals surface area contributed by atoms with Crippen LogP contribution in [0.25, 0.3) is 0 Å². The largest absolute Gasteiger partial charge is 0.383 e. The van der Waals surface area contributed by atoms with Crippen LogP contribution in [0, 0.1) is 0 Å². The molecule has 0 saturated carbocycles. The number of nitrogens with zero attached hydrogens (tertiary/aromatic N) is 1. The van der Waals surface area contributed by atoms with Crippen molar-refractivity contribution in [2.45, 2.75) is 37.5 Å². The Morgan fingerprint density at radius 2 is 1.68 bits per heavy atom. The van der Waals surface area contributed by atoms with Crippen LogP contribution in [0.2, 0.25) is 0 Å². The lowest BCUT2D eigenvalue weighted by Crippen LogP contribution is -2.52. The summed E-state index contributed by atoms with van der Waals surface area (Å²) in [6, 6.07) is 17.4. The molecule has 4 rings (SSSR count). The van der Waals surface area contributed by atoms with E-state index in [4.69, 9.17) is 0 Å².